The summed E-state index contributed by atoms with van der Waals surface area (Å²) in [6, 6.07) is 17.1. The quantitative estimate of drug-likeness (QED) is 0.493. The van der Waals surface area contributed by atoms with Gasteiger partial charge < -0.3 is 8.83 Å². The summed E-state index contributed by atoms with van der Waals surface area (Å²) in [6.07, 6.45) is 0. The van der Waals surface area contributed by atoms with Gasteiger partial charge in [-0.25, -0.2) is 0 Å². The summed E-state index contributed by atoms with van der Waals surface area (Å²) in [7, 11) is 0. The number of rotatable bonds is 6. The molecule has 0 unspecified atom stereocenters. The molecular weight excluding hydrogens is 378 g/mol. The third-order valence-electron chi connectivity index (χ3n) is 3.72. The van der Waals surface area contributed by atoms with E-state index in [0.717, 1.165) is 28.5 Å². The van der Waals surface area contributed by atoms with E-state index in [0.29, 0.717) is 17.0 Å². The van der Waals surface area contributed by atoms with Crippen LogP contribution in [0.5, 0.6) is 0 Å². The van der Waals surface area contributed by atoms with Crippen molar-refractivity contribution >= 4 is 23.7 Å². The SMILES string of the molecule is Cc1ccc(-c2nnc(SCC(=O)Nc3nnc(-c4ccccc4)o3)o2)cc1. The van der Waals surface area contributed by atoms with Crippen molar-refractivity contribution in [2.75, 3.05) is 11.1 Å². The summed E-state index contributed by atoms with van der Waals surface area (Å²) >= 11 is 1.13. The van der Waals surface area contributed by atoms with Crippen molar-refractivity contribution in [3.8, 4) is 22.9 Å². The largest absolute Gasteiger partial charge is 0.411 e. The number of aryl methyl sites for hydroxylation is 1. The average molecular weight is 393 g/mol. The molecule has 28 heavy (non-hydrogen) atoms. The molecule has 0 fully saturated rings. The molecule has 0 spiro atoms. The first-order valence-electron chi connectivity index (χ1n) is 8.39. The van der Waals surface area contributed by atoms with Crippen LogP contribution in [0.2, 0.25) is 0 Å². The number of hydrogen-bond acceptors (Lipinski definition) is 8. The highest BCUT2D eigenvalue weighted by molar-refractivity contribution is 7.99. The van der Waals surface area contributed by atoms with Crippen LogP contribution in [-0.4, -0.2) is 32.1 Å². The molecule has 140 valence electrons. The lowest BCUT2D eigenvalue weighted by Gasteiger charge is -1.98. The third-order valence-corrected chi connectivity index (χ3v) is 4.54. The van der Waals surface area contributed by atoms with Crippen LogP contribution in [0.25, 0.3) is 22.9 Å². The molecule has 2 aromatic heterocycles. The summed E-state index contributed by atoms with van der Waals surface area (Å²) in [5, 5.41) is 18.6. The smallest absolute Gasteiger partial charge is 0.322 e. The van der Waals surface area contributed by atoms with Crippen molar-refractivity contribution in [2.24, 2.45) is 0 Å². The Kier molecular flexibility index (Phi) is 5.16. The number of hydrogen-bond donors (Lipinski definition) is 1. The van der Waals surface area contributed by atoms with E-state index in [2.05, 4.69) is 25.7 Å². The second-order valence-corrected chi connectivity index (χ2v) is 6.78. The molecule has 0 bridgehead atoms. The lowest BCUT2D eigenvalue weighted by atomic mass is 10.1. The lowest BCUT2D eigenvalue weighted by Crippen LogP contribution is -2.14. The zero-order chi connectivity index (χ0) is 19.3. The molecule has 2 aromatic carbocycles. The monoisotopic (exact) mass is 393 g/mol. The molecule has 8 nitrogen and oxygen atoms in total. The van der Waals surface area contributed by atoms with E-state index in [1.807, 2.05) is 61.5 Å². The molecule has 1 N–H and O–H groups in total. The minimum absolute atomic E-state index is 0.0373. The van der Waals surface area contributed by atoms with Crippen molar-refractivity contribution < 1.29 is 13.6 Å². The van der Waals surface area contributed by atoms with E-state index < -0.39 is 0 Å². The van der Waals surface area contributed by atoms with Gasteiger partial charge in [0.05, 0.1) is 5.75 Å². The van der Waals surface area contributed by atoms with Crippen molar-refractivity contribution in [3.63, 3.8) is 0 Å². The van der Waals surface area contributed by atoms with Gasteiger partial charge in [0.2, 0.25) is 17.7 Å². The van der Waals surface area contributed by atoms with Crippen LogP contribution < -0.4 is 5.32 Å². The van der Waals surface area contributed by atoms with E-state index in [1.165, 1.54) is 0 Å². The van der Waals surface area contributed by atoms with E-state index >= 15 is 0 Å². The molecule has 4 aromatic rings. The predicted octanol–water partition coefficient (Wildman–Crippen LogP) is 3.83. The molecule has 0 saturated heterocycles. The molecule has 0 saturated carbocycles. The highest BCUT2D eigenvalue weighted by atomic mass is 32.2. The molecule has 2 heterocycles. The summed E-state index contributed by atoms with van der Waals surface area (Å²) in [4.78, 5) is 12.1. The first-order valence-corrected chi connectivity index (χ1v) is 9.38. The van der Waals surface area contributed by atoms with Crippen molar-refractivity contribution in [3.05, 3.63) is 60.2 Å². The third kappa shape index (κ3) is 4.26. The Bertz CT molecular complexity index is 1080. The number of thioether (sulfide) groups is 1. The molecule has 9 heteroatoms. The minimum atomic E-state index is -0.316. The summed E-state index contributed by atoms with van der Waals surface area (Å²) < 4.78 is 11.0. The Balaban J connectivity index is 1.33. The Morgan fingerprint density at radius 1 is 0.893 bits per heavy atom. The first-order chi connectivity index (χ1) is 13.7. The lowest BCUT2D eigenvalue weighted by molar-refractivity contribution is -0.113. The zero-order valence-corrected chi connectivity index (χ0v) is 15.6. The van der Waals surface area contributed by atoms with Gasteiger partial charge in [0.25, 0.3) is 5.22 Å². The van der Waals surface area contributed by atoms with Crippen molar-refractivity contribution in [1.29, 1.82) is 0 Å². The number of nitrogens with zero attached hydrogens (tertiary/aromatic N) is 4. The maximum Gasteiger partial charge on any atom is 0.322 e. The fourth-order valence-corrected chi connectivity index (χ4v) is 2.90. The summed E-state index contributed by atoms with van der Waals surface area (Å²) in [5.41, 5.74) is 2.75. The fourth-order valence-electron chi connectivity index (χ4n) is 2.33. The van der Waals surface area contributed by atoms with Crippen LogP contribution in [0.4, 0.5) is 6.01 Å². The second-order valence-electron chi connectivity index (χ2n) is 5.85. The van der Waals surface area contributed by atoms with Gasteiger partial charge in [-0.1, -0.05) is 52.8 Å². The summed E-state index contributed by atoms with van der Waals surface area (Å²) in [5.74, 6) is 0.498. The van der Waals surface area contributed by atoms with Crippen LogP contribution in [0, 0.1) is 6.92 Å². The standard InChI is InChI=1S/C19H15N5O3S/c1-12-7-9-14(10-8-12)17-22-24-19(27-17)28-11-15(25)20-18-23-21-16(26-18)13-5-3-2-4-6-13/h2-10H,11H2,1H3,(H,20,23,25). The topological polar surface area (TPSA) is 107 Å². The highest BCUT2D eigenvalue weighted by Gasteiger charge is 2.14. The molecule has 4 rings (SSSR count). The predicted molar refractivity (Wildman–Crippen MR) is 104 cm³/mol. The number of nitrogens with one attached hydrogen (secondary N) is 1. The van der Waals surface area contributed by atoms with Gasteiger partial charge >= 0.3 is 6.01 Å². The molecule has 0 aliphatic heterocycles. The van der Waals surface area contributed by atoms with Gasteiger partial charge in [-0.15, -0.1) is 15.3 Å². The van der Waals surface area contributed by atoms with E-state index in [4.69, 9.17) is 8.83 Å². The maximum absolute atomic E-state index is 12.1. The first kappa shape index (κ1) is 17.9. The number of aromatic nitrogens is 4. The Hall–Kier alpha value is -3.46. The molecule has 0 atom stereocenters. The van der Waals surface area contributed by atoms with Gasteiger partial charge in [0.15, 0.2) is 0 Å². The van der Waals surface area contributed by atoms with Crippen molar-refractivity contribution in [1.82, 2.24) is 20.4 Å². The van der Waals surface area contributed by atoms with Crippen LogP contribution in [0.1, 0.15) is 5.56 Å². The van der Waals surface area contributed by atoms with Gasteiger partial charge in [0.1, 0.15) is 0 Å². The highest BCUT2D eigenvalue weighted by Crippen LogP contribution is 2.24. The van der Waals surface area contributed by atoms with Crippen LogP contribution in [0.3, 0.4) is 0 Å². The molecule has 0 aliphatic rings. The molecular formula is C19H15N5O3S. The number of amides is 1. The number of anilines is 1. The maximum atomic E-state index is 12.1. The average Bonchev–Trinajstić information content (AvgIpc) is 3.37. The number of benzene rings is 2. The molecule has 0 radical (unpaired) electrons. The van der Waals surface area contributed by atoms with Gasteiger partial charge in [-0.05, 0) is 31.2 Å². The normalized spacial score (nSPS) is 10.8. The fraction of sp³-hybridized carbons (Fsp3) is 0.105. The Morgan fingerprint density at radius 3 is 2.36 bits per heavy atom. The van der Waals surface area contributed by atoms with Gasteiger partial charge in [-0.3, -0.25) is 10.1 Å². The molecule has 1 amide bonds. The van der Waals surface area contributed by atoms with Gasteiger partial charge in [-0.2, -0.15) is 0 Å². The van der Waals surface area contributed by atoms with Crippen LogP contribution in [-0.2, 0) is 4.79 Å². The minimum Gasteiger partial charge on any atom is -0.411 e. The van der Waals surface area contributed by atoms with Gasteiger partial charge in [0, 0.05) is 11.1 Å². The number of carbonyl (C=O) groups is 1. The Morgan fingerprint density at radius 2 is 1.57 bits per heavy atom. The van der Waals surface area contributed by atoms with Crippen LogP contribution in [0.15, 0.2) is 68.7 Å². The van der Waals surface area contributed by atoms with E-state index in [9.17, 15) is 4.79 Å². The number of carbonyl (C=O) groups excluding carboxylic acids is 1. The molecule has 0 aliphatic carbocycles. The van der Waals surface area contributed by atoms with Crippen LogP contribution >= 0.6 is 11.8 Å². The van der Waals surface area contributed by atoms with E-state index in [-0.39, 0.29) is 17.7 Å². The zero-order valence-electron chi connectivity index (χ0n) is 14.8. The Labute approximate surface area is 164 Å². The van der Waals surface area contributed by atoms with E-state index in [1.54, 1.807) is 0 Å². The second kappa shape index (κ2) is 8.05. The van der Waals surface area contributed by atoms with Crippen molar-refractivity contribution in [2.45, 2.75) is 12.1 Å². The summed E-state index contributed by atoms with van der Waals surface area (Å²) in [6.45, 7) is 2.00.